The highest BCUT2D eigenvalue weighted by Gasteiger charge is 2.28. The standard InChI is InChI=1S/C15H18N2O6S/c1-10(14(18)16-5-7-22-8-6-16)23-15(19)12-9-11(24-2)3-4-13(12)17(20)21/h3-4,9-10H,5-8H2,1-2H3/t10-/m1/s1. The zero-order valence-electron chi connectivity index (χ0n) is 13.4. The van der Waals surface area contributed by atoms with Crippen molar-refractivity contribution < 1.29 is 24.0 Å². The molecule has 1 aromatic rings. The molecule has 0 aromatic heterocycles. The van der Waals surface area contributed by atoms with Gasteiger partial charge in [-0.15, -0.1) is 11.8 Å². The fourth-order valence-electron chi connectivity index (χ4n) is 2.28. The molecule has 0 bridgehead atoms. The number of carbonyl (C=O) groups is 2. The maximum Gasteiger partial charge on any atom is 0.345 e. The second-order valence-corrected chi connectivity index (χ2v) is 6.01. The molecule has 0 saturated carbocycles. The van der Waals surface area contributed by atoms with E-state index in [-0.39, 0.29) is 17.2 Å². The summed E-state index contributed by atoms with van der Waals surface area (Å²) in [6.07, 6.45) is 0.772. The lowest BCUT2D eigenvalue weighted by molar-refractivity contribution is -0.385. The van der Waals surface area contributed by atoms with Crippen molar-refractivity contribution in [3.8, 4) is 0 Å². The first kappa shape index (κ1) is 18.2. The molecule has 8 nitrogen and oxygen atoms in total. The Morgan fingerprint density at radius 3 is 2.62 bits per heavy atom. The van der Waals surface area contributed by atoms with Crippen LogP contribution < -0.4 is 0 Å². The van der Waals surface area contributed by atoms with E-state index in [1.807, 2.05) is 0 Å². The monoisotopic (exact) mass is 354 g/mol. The van der Waals surface area contributed by atoms with Gasteiger partial charge in [-0.05, 0) is 25.3 Å². The lowest BCUT2D eigenvalue weighted by Gasteiger charge is -2.28. The van der Waals surface area contributed by atoms with Crippen LogP contribution in [0.3, 0.4) is 0 Å². The first-order valence-corrected chi connectivity index (χ1v) is 8.56. The largest absolute Gasteiger partial charge is 0.449 e. The quantitative estimate of drug-likeness (QED) is 0.343. The van der Waals surface area contributed by atoms with Gasteiger partial charge in [0.25, 0.3) is 11.6 Å². The Hall–Kier alpha value is -2.13. The first-order chi connectivity index (χ1) is 11.4. The van der Waals surface area contributed by atoms with E-state index in [4.69, 9.17) is 9.47 Å². The number of benzene rings is 1. The van der Waals surface area contributed by atoms with Crippen molar-refractivity contribution in [3.63, 3.8) is 0 Å². The van der Waals surface area contributed by atoms with Crippen molar-refractivity contribution in [3.05, 3.63) is 33.9 Å². The number of nitrogens with zero attached hydrogens (tertiary/aromatic N) is 2. The van der Waals surface area contributed by atoms with Crippen molar-refractivity contribution >= 4 is 29.3 Å². The smallest absolute Gasteiger partial charge is 0.345 e. The predicted molar refractivity (Wildman–Crippen MR) is 87.2 cm³/mol. The summed E-state index contributed by atoms with van der Waals surface area (Å²) in [4.78, 5) is 37.3. The number of morpholine rings is 1. The van der Waals surface area contributed by atoms with Gasteiger partial charge in [-0.3, -0.25) is 14.9 Å². The van der Waals surface area contributed by atoms with E-state index in [1.54, 1.807) is 17.2 Å². The summed E-state index contributed by atoms with van der Waals surface area (Å²) < 4.78 is 10.3. The third kappa shape index (κ3) is 4.24. The first-order valence-electron chi connectivity index (χ1n) is 7.34. The van der Waals surface area contributed by atoms with Gasteiger partial charge in [-0.1, -0.05) is 0 Å². The van der Waals surface area contributed by atoms with Crippen LogP contribution in [0.15, 0.2) is 23.1 Å². The molecular formula is C15H18N2O6S. The maximum absolute atomic E-state index is 12.3. The minimum atomic E-state index is -1.02. The van der Waals surface area contributed by atoms with E-state index in [2.05, 4.69) is 0 Å². The van der Waals surface area contributed by atoms with E-state index >= 15 is 0 Å². The summed E-state index contributed by atoms with van der Waals surface area (Å²) in [5, 5.41) is 11.1. The highest BCUT2D eigenvalue weighted by Crippen LogP contribution is 2.25. The van der Waals surface area contributed by atoms with Crippen LogP contribution in [0.4, 0.5) is 5.69 Å². The Morgan fingerprint density at radius 2 is 2.04 bits per heavy atom. The summed E-state index contributed by atoms with van der Waals surface area (Å²) in [7, 11) is 0. The number of carbonyl (C=O) groups excluding carboxylic acids is 2. The van der Waals surface area contributed by atoms with Crippen molar-refractivity contribution in [2.24, 2.45) is 0 Å². The molecule has 0 N–H and O–H groups in total. The highest BCUT2D eigenvalue weighted by molar-refractivity contribution is 7.98. The number of nitro groups is 1. The highest BCUT2D eigenvalue weighted by atomic mass is 32.2. The summed E-state index contributed by atoms with van der Waals surface area (Å²) in [5.74, 6) is -1.22. The number of hydrogen-bond donors (Lipinski definition) is 0. The summed E-state index contributed by atoms with van der Waals surface area (Å²) in [6.45, 7) is 3.20. The lowest BCUT2D eigenvalue weighted by atomic mass is 10.2. The van der Waals surface area contributed by atoms with Crippen molar-refractivity contribution in [1.82, 2.24) is 4.90 Å². The normalized spacial score (nSPS) is 15.7. The Bertz CT molecular complexity index is 645. The molecule has 1 amide bonds. The number of ether oxygens (including phenoxy) is 2. The van der Waals surface area contributed by atoms with Crippen molar-refractivity contribution in [2.75, 3.05) is 32.6 Å². The van der Waals surface area contributed by atoms with Gasteiger partial charge in [0, 0.05) is 24.1 Å². The number of thioether (sulfide) groups is 1. The molecule has 0 unspecified atom stereocenters. The molecule has 0 aliphatic carbocycles. The van der Waals surface area contributed by atoms with Crippen LogP contribution >= 0.6 is 11.8 Å². The molecule has 130 valence electrons. The average Bonchev–Trinajstić information content (AvgIpc) is 2.60. The van der Waals surface area contributed by atoms with Crippen LogP contribution in [0.25, 0.3) is 0 Å². The van der Waals surface area contributed by atoms with E-state index in [9.17, 15) is 19.7 Å². The number of amides is 1. The third-order valence-corrected chi connectivity index (χ3v) is 4.30. The molecule has 1 heterocycles. The molecule has 1 aliphatic rings. The van der Waals surface area contributed by atoms with E-state index in [0.29, 0.717) is 31.2 Å². The fraction of sp³-hybridized carbons (Fsp3) is 0.467. The summed E-state index contributed by atoms with van der Waals surface area (Å²) >= 11 is 1.35. The zero-order valence-corrected chi connectivity index (χ0v) is 14.2. The minimum absolute atomic E-state index is 0.159. The SMILES string of the molecule is CSc1ccc([N+](=O)[O-])c(C(=O)O[C@H](C)C(=O)N2CCOCC2)c1. The molecule has 1 atom stereocenters. The van der Waals surface area contributed by atoms with Crippen LogP contribution in [0.2, 0.25) is 0 Å². The van der Waals surface area contributed by atoms with Gasteiger partial charge in [0.1, 0.15) is 5.56 Å². The van der Waals surface area contributed by atoms with Crippen LogP contribution in [-0.4, -0.2) is 60.4 Å². The minimum Gasteiger partial charge on any atom is -0.449 e. The van der Waals surface area contributed by atoms with Gasteiger partial charge in [0.15, 0.2) is 6.10 Å². The Balaban J connectivity index is 2.13. The Morgan fingerprint density at radius 1 is 1.38 bits per heavy atom. The summed E-state index contributed by atoms with van der Waals surface area (Å²) in [5.41, 5.74) is -0.503. The second kappa shape index (κ2) is 8.11. The molecule has 0 radical (unpaired) electrons. The summed E-state index contributed by atoms with van der Waals surface area (Å²) in [6, 6.07) is 4.22. The molecule has 2 rings (SSSR count). The van der Waals surface area contributed by atoms with Gasteiger partial charge in [-0.25, -0.2) is 4.79 Å². The Kier molecular flexibility index (Phi) is 6.16. The molecule has 1 fully saturated rings. The third-order valence-electron chi connectivity index (χ3n) is 3.57. The molecular weight excluding hydrogens is 336 g/mol. The topological polar surface area (TPSA) is 99.0 Å². The average molecular weight is 354 g/mol. The van der Waals surface area contributed by atoms with Crippen molar-refractivity contribution in [1.29, 1.82) is 0 Å². The van der Waals surface area contributed by atoms with Crippen LogP contribution in [0, 0.1) is 10.1 Å². The molecule has 1 aromatic carbocycles. The van der Waals surface area contributed by atoms with Gasteiger partial charge in [0.05, 0.1) is 18.1 Å². The van der Waals surface area contributed by atoms with Crippen LogP contribution in [0.1, 0.15) is 17.3 Å². The van der Waals surface area contributed by atoms with E-state index < -0.39 is 17.0 Å². The fourth-order valence-corrected chi connectivity index (χ4v) is 2.72. The molecule has 1 aliphatic heterocycles. The molecule has 24 heavy (non-hydrogen) atoms. The number of nitro benzene ring substituents is 1. The Labute approximate surface area is 143 Å². The molecule has 9 heteroatoms. The van der Waals surface area contributed by atoms with Gasteiger partial charge in [0.2, 0.25) is 0 Å². The molecule has 0 spiro atoms. The van der Waals surface area contributed by atoms with E-state index in [1.165, 1.54) is 30.8 Å². The second-order valence-electron chi connectivity index (χ2n) is 5.13. The van der Waals surface area contributed by atoms with E-state index in [0.717, 1.165) is 0 Å². The van der Waals surface area contributed by atoms with Gasteiger partial charge < -0.3 is 14.4 Å². The maximum atomic E-state index is 12.3. The predicted octanol–water partition coefficient (Wildman–Crippen LogP) is 1.72. The number of hydrogen-bond acceptors (Lipinski definition) is 7. The van der Waals surface area contributed by atoms with Gasteiger partial charge in [-0.2, -0.15) is 0 Å². The van der Waals surface area contributed by atoms with Crippen LogP contribution in [-0.2, 0) is 14.3 Å². The van der Waals surface area contributed by atoms with Crippen molar-refractivity contribution in [2.45, 2.75) is 17.9 Å². The lowest BCUT2D eigenvalue weighted by Crippen LogP contribution is -2.46. The number of rotatable bonds is 5. The van der Waals surface area contributed by atoms with Crippen LogP contribution in [0.5, 0.6) is 0 Å². The van der Waals surface area contributed by atoms with Gasteiger partial charge >= 0.3 is 5.97 Å². The number of esters is 1. The zero-order chi connectivity index (χ0) is 17.7. The molecule has 1 saturated heterocycles.